The summed E-state index contributed by atoms with van der Waals surface area (Å²) in [7, 11) is 0. The second-order valence-electron chi connectivity index (χ2n) is 8.28. The third kappa shape index (κ3) is 5.54. The Balaban J connectivity index is 1.52. The normalized spacial score (nSPS) is 10.9. The monoisotopic (exact) mass is 534 g/mol. The average molecular weight is 535 g/mol. The molecule has 0 spiro atoms. The number of anilines is 3. The highest BCUT2D eigenvalue weighted by atomic mass is 79.9. The lowest BCUT2D eigenvalue weighted by atomic mass is 10.1. The summed E-state index contributed by atoms with van der Waals surface area (Å²) < 4.78 is 6.07. The molecule has 180 valence electrons. The SMILES string of the molecule is CCN(Cc1ccccc1)C(=O)CCc1ccccc1Nc1nc2c(Br)cc(N)c(C)c2c(=O)o1. The van der Waals surface area contributed by atoms with Crippen molar-refractivity contribution in [2.45, 2.75) is 33.2 Å². The number of hydrogen-bond acceptors (Lipinski definition) is 6. The van der Waals surface area contributed by atoms with Crippen LogP contribution in [0, 0.1) is 6.92 Å². The summed E-state index contributed by atoms with van der Waals surface area (Å²) in [6.45, 7) is 4.97. The molecule has 8 heteroatoms. The van der Waals surface area contributed by atoms with Gasteiger partial charge in [0.1, 0.15) is 0 Å². The van der Waals surface area contributed by atoms with Crippen molar-refractivity contribution >= 4 is 50.1 Å². The van der Waals surface area contributed by atoms with Gasteiger partial charge in [0, 0.05) is 35.4 Å². The lowest BCUT2D eigenvalue weighted by molar-refractivity contribution is -0.131. The van der Waals surface area contributed by atoms with Crippen LogP contribution in [0.3, 0.4) is 0 Å². The molecule has 0 atom stereocenters. The van der Waals surface area contributed by atoms with E-state index in [1.807, 2.05) is 66.4 Å². The number of nitrogens with zero attached hydrogens (tertiary/aromatic N) is 2. The zero-order valence-corrected chi connectivity index (χ0v) is 21.3. The van der Waals surface area contributed by atoms with Gasteiger partial charge in [0.25, 0.3) is 0 Å². The first-order chi connectivity index (χ1) is 16.9. The highest BCUT2D eigenvalue weighted by molar-refractivity contribution is 9.10. The summed E-state index contributed by atoms with van der Waals surface area (Å²) in [5, 5.41) is 3.47. The van der Waals surface area contributed by atoms with Gasteiger partial charge in [0.2, 0.25) is 5.91 Å². The van der Waals surface area contributed by atoms with E-state index in [0.717, 1.165) is 16.8 Å². The number of nitrogens with one attached hydrogen (secondary N) is 1. The van der Waals surface area contributed by atoms with E-state index in [-0.39, 0.29) is 11.9 Å². The van der Waals surface area contributed by atoms with E-state index in [1.54, 1.807) is 13.0 Å². The number of halogens is 1. The van der Waals surface area contributed by atoms with Gasteiger partial charge in [-0.25, -0.2) is 4.79 Å². The van der Waals surface area contributed by atoms with Crippen molar-refractivity contribution in [1.29, 1.82) is 0 Å². The van der Waals surface area contributed by atoms with Crippen LogP contribution in [0.15, 0.2) is 74.3 Å². The van der Waals surface area contributed by atoms with Gasteiger partial charge in [0.15, 0.2) is 0 Å². The summed E-state index contributed by atoms with van der Waals surface area (Å²) >= 11 is 3.44. The lowest BCUT2D eigenvalue weighted by Crippen LogP contribution is -2.30. The number of aromatic nitrogens is 1. The number of carbonyl (C=O) groups excluding carboxylic acids is 1. The first kappa shape index (κ1) is 24.5. The van der Waals surface area contributed by atoms with Gasteiger partial charge in [-0.2, -0.15) is 4.98 Å². The first-order valence-electron chi connectivity index (χ1n) is 11.4. The molecule has 4 rings (SSSR count). The van der Waals surface area contributed by atoms with E-state index in [2.05, 4.69) is 26.2 Å². The molecule has 0 aliphatic heterocycles. The highest BCUT2D eigenvalue weighted by Crippen LogP contribution is 2.29. The Labute approximate surface area is 212 Å². The number of benzene rings is 3. The van der Waals surface area contributed by atoms with Gasteiger partial charge in [-0.15, -0.1) is 0 Å². The van der Waals surface area contributed by atoms with E-state index < -0.39 is 5.63 Å². The molecular weight excluding hydrogens is 508 g/mol. The second kappa shape index (κ2) is 10.7. The number of rotatable bonds is 8. The number of fused-ring (bicyclic) bond motifs is 1. The molecule has 0 bridgehead atoms. The van der Waals surface area contributed by atoms with Gasteiger partial charge < -0.3 is 20.4 Å². The third-order valence-corrected chi connectivity index (χ3v) is 6.58. The fraction of sp³-hybridized carbons (Fsp3) is 0.222. The predicted molar refractivity (Wildman–Crippen MR) is 143 cm³/mol. The van der Waals surface area contributed by atoms with E-state index in [4.69, 9.17) is 10.2 Å². The van der Waals surface area contributed by atoms with Crippen LogP contribution < -0.4 is 16.7 Å². The fourth-order valence-electron chi connectivity index (χ4n) is 3.99. The molecule has 4 aromatic rings. The minimum absolute atomic E-state index is 0.0745. The third-order valence-electron chi connectivity index (χ3n) is 5.98. The molecule has 3 N–H and O–H groups in total. The molecule has 0 saturated carbocycles. The topological polar surface area (TPSA) is 101 Å². The number of nitrogen functional groups attached to an aromatic ring is 1. The second-order valence-corrected chi connectivity index (χ2v) is 9.13. The van der Waals surface area contributed by atoms with Crippen LogP contribution in [0.2, 0.25) is 0 Å². The van der Waals surface area contributed by atoms with Crippen molar-refractivity contribution < 1.29 is 9.21 Å². The summed E-state index contributed by atoms with van der Waals surface area (Å²) in [5.41, 5.74) is 9.81. The van der Waals surface area contributed by atoms with Crippen LogP contribution in [0.1, 0.15) is 30.0 Å². The van der Waals surface area contributed by atoms with E-state index >= 15 is 0 Å². The molecule has 35 heavy (non-hydrogen) atoms. The molecular formula is C27H27BrN4O3. The molecule has 1 heterocycles. The number of aryl methyl sites for hydroxylation is 2. The Hall–Kier alpha value is -3.65. The van der Waals surface area contributed by atoms with Gasteiger partial charge in [-0.05, 0) is 65.0 Å². The average Bonchev–Trinajstić information content (AvgIpc) is 2.85. The molecule has 1 aromatic heterocycles. The minimum atomic E-state index is -0.518. The van der Waals surface area contributed by atoms with E-state index in [9.17, 15) is 9.59 Å². The summed E-state index contributed by atoms with van der Waals surface area (Å²) in [6, 6.07) is 19.4. The maximum Gasteiger partial charge on any atom is 0.348 e. The van der Waals surface area contributed by atoms with Crippen molar-refractivity contribution in [1.82, 2.24) is 9.88 Å². The van der Waals surface area contributed by atoms with Crippen LogP contribution in [0.4, 0.5) is 17.4 Å². The van der Waals surface area contributed by atoms with Crippen molar-refractivity contribution in [2.24, 2.45) is 0 Å². The van der Waals surface area contributed by atoms with Crippen molar-refractivity contribution in [3.05, 3.63) is 92.2 Å². The van der Waals surface area contributed by atoms with Crippen LogP contribution in [0.5, 0.6) is 0 Å². The number of para-hydroxylation sites is 1. The molecule has 0 fully saturated rings. The molecule has 1 amide bonds. The van der Waals surface area contributed by atoms with Crippen LogP contribution in [-0.2, 0) is 17.8 Å². The number of nitrogens with two attached hydrogens (primary N) is 1. The van der Waals surface area contributed by atoms with E-state index in [0.29, 0.717) is 52.6 Å². The first-order valence-corrected chi connectivity index (χ1v) is 12.2. The number of carbonyl (C=O) groups is 1. The standard InChI is InChI=1S/C27H27BrN4O3/c1-3-32(16-18-9-5-4-6-10-18)23(33)14-13-19-11-7-8-12-22(19)30-27-31-25-20(28)15-21(29)17(2)24(25)26(34)35-27/h4-12,15H,3,13-14,16,29H2,1-2H3,(H,30,31). The van der Waals surface area contributed by atoms with Crippen molar-refractivity contribution in [3.63, 3.8) is 0 Å². The van der Waals surface area contributed by atoms with Crippen LogP contribution in [-0.4, -0.2) is 22.3 Å². The Morgan fingerprint density at radius 2 is 1.86 bits per heavy atom. The minimum Gasteiger partial charge on any atom is -0.398 e. The molecule has 0 aliphatic rings. The van der Waals surface area contributed by atoms with Crippen molar-refractivity contribution in [3.8, 4) is 0 Å². The Morgan fingerprint density at radius 1 is 1.14 bits per heavy atom. The molecule has 0 unspecified atom stereocenters. The van der Waals surface area contributed by atoms with Crippen molar-refractivity contribution in [2.75, 3.05) is 17.6 Å². The van der Waals surface area contributed by atoms with Gasteiger partial charge in [-0.1, -0.05) is 48.5 Å². The quantitative estimate of drug-likeness (QED) is 0.286. The predicted octanol–water partition coefficient (Wildman–Crippen LogP) is 5.57. The Morgan fingerprint density at radius 3 is 2.60 bits per heavy atom. The van der Waals surface area contributed by atoms with Gasteiger partial charge in [0.05, 0.1) is 10.9 Å². The summed E-state index contributed by atoms with van der Waals surface area (Å²) in [5.74, 6) is 0.0820. The summed E-state index contributed by atoms with van der Waals surface area (Å²) in [4.78, 5) is 32.0. The number of amides is 1. The zero-order chi connectivity index (χ0) is 24.9. The van der Waals surface area contributed by atoms with Crippen LogP contribution in [0.25, 0.3) is 10.9 Å². The lowest BCUT2D eigenvalue weighted by Gasteiger charge is -2.21. The summed E-state index contributed by atoms with van der Waals surface area (Å²) in [6.07, 6.45) is 0.892. The smallest absolute Gasteiger partial charge is 0.348 e. The maximum atomic E-state index is 12.9. The zero-order valence-electron chi connectivity index (χ0n) is 19.7. The Kier molecular flexibility index (Phi) is 7.51. The highest BCUT2D eigenvalue weighted by Gasteiger charge is 2.16. The maximum absolute atomic E-state index is 12.9. The molecule has 3 aromatic carbocycles. The van der Waals surface area contributed by atoms with Gasteiger partial charge >= 0.3 is 11.6 Å². The van der Waals surface area contributed by atoms with Gasteiger partial charge in [-0.3, -0.25) is 4.79 Å². The Bertz CT molecular complexity index is 1420. The molecule has 7 nitrogen and oxygen atoms in total. The van der Waals surface area contributed by atoms with E-state index in [1.165, 1.54) is 0 Å². The van der Waals surface area contributed by atoms with Crippen LogP contribution >= 0.6 is 15.9 Å². The molecule has 0 aliphatic carbocycles. The fourth-order valence-corrected chi connectivity index (χ4v) is 4.52. The largest absolute Gasteiger partial charge is 0.398 e. The molecule has 0 radical (unpaired) electrons. The molecule has 0 saturated heterocycles. The number of hydrogen-bond donors (Lipinski definition) is 2.